The molecular formula is C14H20BrNO2. The molecule has 18 heavy (non-hydrogen) atoms. The molecule has 4 heteroatoms. The quantitative estimate of drug-likeness (QED) is 0.871. The molecule has 0 saturated carbocycles. The van der Waals surface area contributed by atoms with Gasteiger partial charge in [0.05, 0.1) is 11.7 Å². The summed E-state index contributed by atoms with van der Waals surface area (Å²) in [5, 5.41) is 10.1. The number of aromatic hydroxyl groups is 1. The second kappa shape index (κ2) is 5.59. The number of phenols is 1. The van der Waals surface area contributed by atoms with Crippen LogP contribution in [0, 0.1) is 0 Å². The van der Waals surface area contributed by atoms with Gasteiger partial charge in [0.15, 0.2) is 0 Å². The molecular weight excluding hydrogens is 294 g/mol. The van der Waals surface area contributed by atoms with Crippen molar-refractivity contribution in [2.24, 2.45) is 0 Å². The van der Waals surface area contributed by atoms with Gasteiger partial charge < -0.3 is 9.84 Å². The van der Waals surface area contributed by atoms with Crippen LogP contribution in [0.25, 0.3) is 0 Å². The largest absolute Gasteiger partial charge is 0.508 e. The molecule has 2 rings (SSSR count). The summed E-state index contributed by atoms with van der Waals surface area (Å²) in [7, 11) is 0. The first-order valence-corrected chi connectivity index (χ1v) is 7.35. The van der Waals surface area contributed by atoms with Gasteiger partial charge in [-0.25, -0.2) is 0 Å². The molecule has 1 aliphatic rings. The molecule has 100 valence electrons. The van der Waals surface area contributed by atoms with Gasteiger partial charge >= 0.3 is 0 Å². The van der Waals surface area contributed by atoms with E-state index in [0.717, 1.165) is 25.0 Å². The molecule has 1 N–H and O–H groups in total. The summed E-state index contributed by atoms with van der Waals surface area (Å²) < 4.78 is 5.98. The van der Waals surface area contributed by atoms with Crippen molar-refractivity contribution in [1.29, 1.82) is 0 Å². The summed E-state index contributed by atoms with van der Waals surface area (Å²) >= 11 is 3.50. The maximum atomic E-state index is 9.29. The van der Waals surface area contributed by atoms with Gasteiger partial charge in [0, 0.05) is 25.0 Å². The van der Waals surface area contributed by atoms with Crippen molar-refractivity contribution in [2.75, 3.05) is 18.4 Å². The lowest BCUT2D eigenvalue weighted by molar-refractivity contribution is -0.128. The van der Waals surface area contributed by atoms with Gasteiger partial charge in [-0.3, -0.25) is 4.90 Å². The van der Waals surface area contributed by atoms with E-state index in [4.69, 9.17) is 4.74 Å². The average molecular weight is 314 g/mol. The summed E-state index contributed by atoms with van der Waals surface area (Å²) in [4.78, 5) is 2.40. The normalized spacial score (nSPS) is 24.1. The van der Waals surface area contributed by atoms with Crippen LogP contribution >= 0.6 is 15.9 Å². The fourth-order valence-corrected chi connectivity index (χ4v) is 2.81. The number of phenolic OH excluding ortho intramolecular Hbond substituents is 1. The SMILES string of the molecule is CC1(C)CN(Cc2ccc(O)cc2)CC(CBr)O1. The van der Waals surface area contributed by atoms with Crippen molar-refractivity contribution in [3.8, 4) is 5.75 Å². The molecule has 1 aromatic carbocycles. The molecule has 0 spiro atoms. The highest BCUT2D eigenvalue weighted by molar-refractivity contribution is 9.09. The van der Waals surface area contributed by atoms with Crippen LogP contribution < -0.4 is 0 Å². The van der Waals surface area contributed by atoms with Gasteiger partial charge in [-0.1, -0.05) is 28.1 Å². The fourth-order valence-electron chi connectivity index (χ4n) is 2.48. The molecule has 1 atom stereocenters. The van der Waals surface area contributed by atoms with Gasteiger partial charge in [-0.2, -0.15) is 0 Å². The lowest BCUT2D eigenvalue weighted by Gasteiger charge is -2.42. The topological polar surface area (TPSA) is 32.7 Å². The highest BCUT2D eigenvalue weighted by atomic mass is 79.9. The van der Waals surface area contributed by atoms with Crippen LogP contribution in [-0.4, -0.2) is 40.1 Å². The minimum atomic E-state index is -0.104. The van der Waals surface area contributed by atoms with Crippen molar-refractivity contribution in [3.63, 3.8) is 0 Å². The molecule has 1 aliphatic heterocycles. The zero-order valence-electron chi connectivity index (χ0n) is 10.9. The van der Waals surface area contributed by atoms with Crippen LogP contribution in [0.5, 0.6) is 5.75 Å². The van der Waals surface area contributed by atoms with Gasteiger partial charge in [0.25, 0.3) is 0 Å². The van der Waals surface area contributed by atoms with Crippen molar-refractivity contribution in [1.82, 2.24) is 4.90 Å². The third-order valence-electron chi connectivity index (χ3n) is 3.07. The maximum Gasteiger partial charge on any atom is 0.115 e. The number of ether oxygens (including phenoxy) is 1. The molecule has 1 heterocycles. The van der Waals surface area contributed by atoms with Crippen molar-refractivity contribution in [2.45, 2.75) is 32.1 Å². The predicted molar refractivity (Wildman–Crippen MR) is 76.1 cm³/mol. The van der Waals surface area contributed by atoms with E-state index in [1.54, 1.807) is 12.1 Å². The number of morpholine rings is 1. The highest BCUT2D eigenvalue weighted by Gasteiger charge is 2.32. The third-order valence-corrected chi connectivity index (χ3v) is 3.79. The number of hydrogen-bond acceptors (Lipinski definition) is 3. The number of rotatable bonds is 3. The summed E-state index contributed by atoms with van der Waals surface area (Å²) in [6, 6.07) is 7.42. The van der Waals surface area contributed by atoms with E-state index in [1.807, 2.05) is 12.1 Å². The summed E-state index contributed by atoms with van der Waals surface area (Å²) in [5.41, 5.74) is 1.12. The van der Waals surface area contributed by atoms with Crippen LogP contribution in [0.3, 0.4) is 0 Å². The van der Waals surface area contributed by atoms with E-state index >= 15 is 0 Å². The van der Waals surface area contributed by atoms with Gasteiger partial charge in [0.1, 0.15) is 5.75 Å². The number of alkyl halides is 1. The number of halogens is 1. The number of benzene rings is 1. The van der Waals surface area contributed by atoms with Crippen molar-refractivity contribution >= 4 is 15.9 Å². The zero-order valence-corrected chi connectivity index (χ0v) is 12.5. The standard InChI is InChI=1S/C14H20BrNO2/c1-14(2)10-16(9-13(7-15)18-14)8-11-3-5-12(17)6-4-11/h3-6,13,17H,7-10H2,1-2H3. The van der Waals surface area contributed by atoms with E-state index in [2.05, 4.69) is 34.7 Å². The second-order valence-corrected chi connectivity index (χ2v) is 6.14. The minimum Gasteiger partial charge on any atom is -0.508 e. The lowest BCUT2D eigenvalue weighted by Crippen LogP contribution is -2.52. The second-order valence-electron chi connectivity index (χ2n) is 5.49. The molecule has 1 aromatic rings. The van der Waals surface area contributed by atoms with Crippen LogP contribution in [0.2, 0.25) is 0 Å². The molecule has 0 bridgehead atoms. The van der Waals surface area contributed by atoms with Crippen molar-refractivity contribution < 1.29 is 9.84 Å². The monoisotopic (exact) mass is 313 g/mol. The number of nitrogens with zero attached hydrogens (tertiary/aromatic N) is 1. The molecule has 0 radical (unpaired) electrons. The number of hydrogen-bond donors (Lipinski definition) is 1. The van der Waals surface area contributed by atoms with E-state index in [1.165, 1.54) is 5.56 Å². The Hall–Kier alpha value is -0.580. The smallest absolute Gasteiger partial charge is 0.115 e. The lowest BCUT2D eigenvalue weighted by atomic mass is 10.0. The van der Waals surface area contributed by atoms with Crippen LogP contribution in [-0.2, 0) is 11.3 Å². The predicted octanol–water partition coefficient (Wildman–Crippen LogP) is 2.77. The van der Waals surface area contributed by atoms with Crippen molar-refractivity contribution in [3.05, 3.63) is 29.8 Å². The Labute approximate surface area is 117 Å². The van der Waals surface area contributed by atoms with E-state index in [9.17, 15) is 5.11 Å². The van der Waals surface area contributed by atoms with Crippen LogP contribution in [0.15, 0.2) is 24.3 Å². The van der Waals surface area contributed by atoms with Crippen LogP contribution in [0.1, 0.15) is 19.4 Å². The van der Waals surface area contributed by atoms with E-state index in [0.29, 0.717) is 5.75 Å². The molecule has 1 saturated heterocycles. The first-order valence-electron chi connectivity index (χ1n) is 6.22. The maximum absolute atomic E-state index is 9.29. The molecule has 1 unspecified atom stereocenters. The first kappa shape index (κ1) is 13.8. The summed E-state index contributed by atoms with van der Waals surface area (Å²) in [6.45, 7) is 7.03. The molecule has 3 nitrogen and oxygen atoms in total. The Kier molecular flexibility index (Phi) is 4.30. The highest BCUT2D eigenvalue weighted by Crippen LogP contribution is 2.23. The zero-order chi connectivity index (χ0) is 13.2. The van der Waals surface area contributed by atoms with Crippen LogP contribution in [0.4, 0.5) is 0 Å². The van der Waals surface area contributed by atoms with Gasteiger partial charge in [0.2, 0.25) is 0 Å². The molecule has 0 aliphatic carbocycles. The Morgan fingerprint density at radius 2 is 2.06 bits per heavy atom. The Morgan fingerprint density at radius 3 is 2.67 bits per heavy atom. The van der Waals surface area contributed by atoms with E-state index in [-0.39, 0.29) is 11.7 Å². The van der Waals surface area contributed by atoms with Gasteiger partial charge in [-0.05, 0) is 31.5 Å². The first-order chi connectivity index (χ1) is 8.48. The minimum absolute atomic E-state index is 0.104. The fraction of sp³-hybridized carbons (Fsp3) is 0.571. The molecule has 0 amide bonds. The Morgan fingerprint density at radius 1 is 1.39 bits per heavy atom. The molecule has 0 aromatic heterocycles. The third kappa shape index (κ3) is 3.70. The Bertz CT molecular complexity index is 391. The average Bonchev–Trinajstić information content (AvgIpc) is 2.30. The Balaban J connectivity index is 2.02. The van der Waals surface area contributed by atoms with E-state index < -0.39 is 0 Å². The summed E-state index contributed by atoms with van der Waals surface area (Å²) in [5.74, 6) is 0.319. The summed E-state index contributed by atoms with van der Waals surface area (Å²) in [6.07, 6.45) is 0.242. The van der Waals surface area contributed by atoms with Gasteiger partial charge in [-0.15, -0.1) is 0 Å². The molecule has 1 fully saturated rings.